The van der Waals surface area contributed by atoms with Crippen LogP contribution in [0.25, 0.3) is 0 Å². The van der Waals surface area contributed by atoms with Gasteiger partial charge in [0.2, 0.25) is 0 Å². The van der Waals surface area contributed by atoms with Crippen LogP contribution in [0.4, 0.5) is 0 Å². The fourth-order valence-corrected chi connectivity index (χ4v) is 3.25. The summed E-state index contributed by atoms with van der Waals surface area (Å²) in [6.07, 6.45) is 0.410. The average Bonchev–Trinajstić information content (AvgIpc) is 2.62. The van der Waals surface area contributed by atoms with Crippen LogP contribution in [0.5, 0.6) is 5.75 Å². The van der Waals surface area contributed by atoms with Crippen LogP contribution in [0.2, 0.25) is 0 Å². The number of ketones is 1. The summed E-state index contributed by atoms with van der Waals surface area (Å²) in [4.78, 5) is 33.9. The van der Waals surface area contributed by atoms with Crippen molar-refractivity contribution in [2.45, 2.75) is 50.5 Å². The maximum Gasteiger partial charge on any atom is 0.306 e. The third kappa shape index (κ3) is 5.29. The molecule has 0 spiro atoms. The molecule has 1 saturated carbocycles. The van der Waals surface area contributed by atoms with Crippen LogP contribution in [0, 0.1) is 0 Å². The van der Waals surface area contributed by atoms with Crippen LogP contribution in [-0.4, -0.2) is 47.8 Å². The van der Waals surface area contributed by atoms with Gasteiger partial charge in [-0.1, -0.05) is 12.1 Å². The number of benzene rings is 1. The lowest BCUT2D eigenvalue weighted by Crippen LogP contribution is -2.28. The largest absolute Gasteiger partial charge is 0.496 e. The second kappa shape index (κ2) is 9.33. The molecule has 0 saturated heterocycles. The number of aliphatic carboxylic acids is 1. The molecule has 0 amide bonds. The molecule has 1 fully saturated rings. The quantitative estimate of drug-likeness (QED) is 0.677. The number of carboxylic acid groups (broad SMARTS) is 1. The van der Waals surface area contributed by atoms with Gasteiger partial charge in [0.25, 0.3) is 0 Å². The second-order valence-corrected chi connectivity index (χ2v) is 6.35. The highest BCUT2D eigenvalue weighted by atomic mass is 16.5. The maximum atomic E-state index is 11.8. The molecule has 2 unspecified atom stereocenters. The molecule has 1 aliphatic rings. The normalized spacial score (nSPS) is 19.8. The molecule has 7 heteroatoms. The Labute approximate surface area is 151 Å². The Balaban J connectivity index is 2.10. The van der Waals surface area contributed by atoms with Gasteiger partial charge < -0.3 is 19.7 Å². The highest BCUT2D eigenvalue weighted by molar-refractivity contribution is 5.80. The number of carboxylic acids is 1. The Kier molecular flexibility index (Phi) is 7.15. The van der Waals surface area contributed by atoms with Gasteiger partial charge in [0, 0.05) is 30.7 Å². The molecular weight excluding hydrogens is 340 g/mol. The lowest BCUT2D eigenvalue weighted by atomic mass is 9.79. The van der Waals surface area contributed by atoms with Gasteiger partial charge in [-0.15, -0.1) is 0 Å². The van der Waals surface area contributed by atoms with Crippen molar-refractivity contribution in [3.8, 4) is 5.75 Å². The van der Waals surface area contributed by atoms with Gasteiger partial charge in [-0.3, -0.25) is 14.4 Å². The molecule has 1 aromatic rings. The maximum absolute atomic E-state index is 11.8. The minimum Gasteiger partial charge on any atom is -0.496 e. The van der Waals surface area contributed by atoms with E-state index in [4.69, 9.17) is 14.6 Å². The number of carbonyl (C=O) groups excluding carboxylic acids is 2. The van der Waals surface area contributed by atoms with Crippen molar-refractivity contribution in [2.75, 3.05) is 13.7 Å². The van der Waals surface area contributed by atoms with Crippen molar-refractivity contribution >= 4 is 17.7 Å². The van der Waals surface area contributed by atoms with Crippen LogP contribution >= 0.6 is 0 Å². The summed E-state index contributed by atoms with van der Waals surface area (Å²) < 4.78 is 10.5. The molecule has 2 N–H and O–H groups in total. The zero-order valence-electron chi connectivity index (χ0n) is 14.8. The monoisotopic (exact) mass is 364 g/mol. The Morgan fingerprint density at radius 1 is 1.27 bits per heavy atom. The first-order chi connectivity index (χ1) is 12.4. The van der Waals surface area contributed by atoms with Crippen molar-refractivity contribution in [3.63, 3.8) is 0 Å². The van der Waals surface area contributed by atoms with E-state index in [1.54, 1.807) is 6.07 Å². The first kappa shape index (κ1) is 19.9. The molecule has 142 valence electrons. The van der Waals surface area contributed by atoms with Gasteiger partial charge in [0.05, 0.1) is 32.7 Å². The first-order valence-electron chi connectivity index (χ1n) is 8.65. The molecule has 2 rings (SSSR count). The topological polar surface area (TPSA) is 110 Å². The van der Waals surface area contributed by atoms with Crippen molar-refractivity contribution in [1.29, 1.82) is 0 Å². The Bertz CT molecular complexity index is 668. The van der Waals surface area contributed by atoms with E-state index in [2.05, 4.69) is 0 Å². The number of methoxy groups -OCH3 is 1. The number of carbonyl (C=O) groups is 3. The van der Waals surface area contributed by atoms with E-state index >= 15 is 0 Å². The molecule has 2 atom stereocenters. The zero-order chi connectivity index (χ0) is 19.1. The molecule has 7 nitrogen and oxygen atoms in total. The number of Topliss-reactive ketones (excluding diaryl/α,β-unsaturated/α-hetero) is 1. The fraction of sp³-hybridized carbons (Fsp3) is 0.526. The van der Waals surface area contributed by atoms with Crippen molar-refractivity contribution in [2.24, 2.45) is 0 Å². The summed E-state index contributed by atoms with van der Waals surface area (Å²) in [5, 5.41) is 18.9. The van der Waals surface area contributed by atoms with Crippen molar-refractivity contribution in [1.82, 2.24) is 0 Å². The summed E-state index contributed by atoms with van der Waals surface area (Å²) in [5.74, 6) is -1.20. The third-order valence-corrected chi connectivity index (χ3v) is 4.58. The Hall–Kier alpha value is -2.41. The highest BCUT2D eigenvalue weighted by Crippen LogP contribution is 2.36. The number of ether oxygens (including phenoxy) is 2. The van der Waals surface area contributed by atoms with Crippen LogP contribution < -0.4 is 4.74 Å². The summed E-state index contributed by atoms with van der Waals surface area (Å²) in [5.41, 5.74) is 1.62. The zero-order valence-corrected chi connectivity index (χ0v) is 14.8. The van der Waals surface area contributed by atoms with Gasteiger partial charge in [-0.2, -0.15) is 0 Å². The second-order valence-electron chi connectivity index (χ2n) is 6.35. The van der Waals surface area contributed by atoms with Crippen LogP contribution in [0.1, 0.15) is 49.1 Å². The number of aliphatic hydroxyl groups excluding tert-OH is 1. The van der Waals surface area contributed by atoms with Crippen LogP contribution in [0.3, 0.4) is 0 Å². The van der Waals surface area contributed by atoms with E-state index < -0.39 is 18.0 Å². The van der Waals surface area contributed by atoms with Crippen molar-refractivity contribution in [3.05, 3.63) is 29.3 Å². The number of hydrogen-bond donors (Lipinski definition) is 2. The number of aliphatic hydroxyl groups is 1. The molecule has 0 aliphatic heterocycles. The van der Waals surface area contributed by atoms with Gasteiger partial charge >= 0.3 is 11.9 Å². The number of esters is 1. The average molecular weight is 364 g/mol. The molecular formula is C19H24O7. The van der Waals surface area contributed by atoms with Crippen LogP contribution in [0.15, 0.2) is 18.2 Å². The van der Waals surface area contributed by atoms with E-state index in [0.717, 1.165) is 11.1 Å². The smallest absolute Gasteiger partial charge is 0.306 e. The van der Waals surface area contributed by atoms with E-state index in [9.17, 15) is 19.5 Å². The third-order valence-electron chi connectivity index (χ3n) is 4.58. The first-order valence-corrected chi connectivity index (χ1v) is 8.65. The standard InChI is InChI=1S/C19H24O7/c1-25-17-4-2-3-13(15-11-12(20)5-6-16(15)21)14(17)9-10-26-19(24)8-7-18(22)23/h2-4,15-16,21H,5-11H2,1H3,(H,22,23). The van der Waals surface area contributed by atoms with Crippen molar-refractivity contribution < 1.29 is 34.1 Å². The predicted molar refractivity (Wildman–Crippen MR) is 92.1 cm³/mol. The van der Waals surface area contributed by atoms with Gasteiger partial charge in [-0.25, -0.2) is 0 Å². The lowest BCUT2D eigenvalue weighted by Gasteiger charge is -2.29. The SMILES string of the molecule is COc1cccc(C2CC(=O)CCC2O)c1CCOC(=O)CCC(=O)O. The van der Waals surface area contributed by atoms with Gasteiger partial charge in [0.15, 0.2) is 0 Å². The Morgan fingerprint density at radius 3 is 2.73 bits per heavy atom. The summed E-state index contributed by atoms with van der Waals surface area (Å²) in [6, 6.07) is 5.45. The molecule has 0 heterocycles. The molecule has 0 radical (unpaired) electrons. The highest BCUT2D eigenvalue weighted by Gasteiger charge is 2.31. The molecule has 26 heavy (non-hydrogen) atoms. The molecule has 0 bridgehead atoms. The summed E-state index contributed by atoms with van der Waals surface area (Å²) in [6.45, 7) is 0.0720. The van der Waals surface area contributed by atoms with E-state index in [1.807, 2.05) is 12.1 Å². The van der Waals surface area contributed by atoms with E-state index in [0.29, 0.717) is 25.0 Å². The lowest BCUT2D eigenvalue weighted by molar-refractivity contribution is -0.147. The number of rotatable bonds is 8. The number of hydrogen-bond acceptors (Lipinski definition) is 6. The minimum absolute atomic E-state index is 0.0720. The van der Waals surface area contributed by atoms with Gasteiger partial charge in [-0.05, 0) is 18.1 Å². The van der Waals surface area contributed by atoms with Crippen LogP contribution in [-0.2, 0) is 25.5 Å². The summed E-state index contributed by atoms with van der Waals surface area (Å²) in [7, 11) is 1.53. The minimum atomic E-state index is -1.05. The molecule has 1 aromatic carbocycles. The van der Waals surface area contributed by atoms with E-state index in [-0.39, 0.29) is 37.6 Å². The fourth-order valence-electron chi connectivity index (χ4n) is 3.25. The Morgan fingerprint density at radius 2 is 2.04 bits per heavy atom. The van der Waals surface area contributed by atoms with E-state index in [1.165, 1.54) is 7.11 Å². The predicted octanol–water partition coefficient (Wildman–Crippen LogP) is 1.84. The molecule has 1 aliphatic carbocycles. The summed E-state index contributed by atoms with van der Waals surface area (Å²) >= 11 is 0. The molecule has 0 aromatic heterocycles. The van der Waals surface area contributed by atoms with Gasteiger partial charge in [0.1, 0.15) is 11.5 Å².